The molecular weight excluding hydrogens is 308 g/mol. The molecule has 0 atom stereocenters. The predicted molar refractivity (Wildman–Crippen MR) is 92.6 cm³/mol. The fraction of sp³-hybridized carbons (Fsp3) is 0.368. The second-order valence-electron chi connectivity index (χ2n) is 5.58. The van der Waals surface area contributed by atoms with Gasteiger partial charge in [0.2, 0.25) is 0 Å². The molecule has 1 aromatic carbocycles. The molecule has 0 heterocycles. The minimum atomic E-state index is -0.462. The van der Waals surface area contributed by atoms with Gasteiger partial charge in [-0.2, -0.15) is 0 Å². The molecule has 0 saturated heterocycles. The van der Waals surface area contributed by atoms with Crippen molar-refractivity contribution in [3.8, 4) is 11.5 Å². The lowest BCUT2D eigenvalue weighted by Gasteiger charge is -2.09. The molecule has 0 saturated carbocycles. The van der Waals surface area contributed by atoms with E-state index >= 15 is 0 Å². The fourth-order valence-corrected chi connectivity index (χ4v) is 2.03. The number of benzene rings is 1. The highest BCUT2D eigenvalue weighted by Crippen LogP contribution is 2.27. The normalized spacial score (nSPS) is 10.8. The van der Waals surface area contributed by atoms with Crippen molar-refractivity contribution in [1.29, 1.82) is 0 Å². The molecule has 0 fully saturated rings. The van der Waals surface area contributed by atoms with Crippen LogP contribution >= 0.6 is 0 Å². The highest BCUT2D eigenvalue weighted by Gasteiger charge is 2.11. The Morgan fingerprint density at radius 2 is 1.71 bits per heavy atom. The van der Waals surface area contributed by atoms with Gasteiger partial charge in [-0.3, -0.25) is 4.79 Å². The number of allylic oxidation sites excluding steroid dienone is 3. The van der Waals surface area contributed by atoms with Crippen LogP contribution in [0.15, 0.2) is 41.5 Å². The monoisotopic (exact) mass is 332 g/mol. The van der Waals surface area contributed by atoms with Crippen molar-refractivity contribution in [1.82, 2.24) is 0 Å². The van der Waals surface area contributed by atoms with Crippen molar-refractivity contribution in [3.63, 3.8) is 0 Å². The van der Waals surface area contributed by atoms with Gasteiger partial charge in [-0.25, -0.2) is 4.79 Å². The maximum absolute atomic E-state index is 12.0. The van der Waals surface area contributed by atoms with E-state index in [0.29, 0.717) is 23.5 Å². The van der Waals surface area contributed by atoms with Crippen molar-refractivity contribution in [2.24, 2.45) is 0 Å². The van der Waals surface area contributed by atoms with Gasteiger partial charge < -0.3 is 14.2 Å². The molecule has 0 aliphatic heterocycles. The number of esters is 1. The van der Waals surface area contributed by atoms with Gasteiger partial charge in [-0.1, -0.05) is 11.1 Å². The van der Waals surface area contributed by atoms with E-state index < -0.39 is 5.97 Å². The topological polar surface area (TPSA) is 61.8 Å². The molecule has 0 N–H and O–H groups in total. The van der Waals surface area contributed by atoms with Crippen LogP contribution < -0.4 is 9.47 Å². The number of ketones is 1. The first kappa shape index (κ1) is 19.5. The fourth-order valence-electron chi connectivity index (χ4n) is 2.03. The number of rotatable bonds is 8. The van der Waals surface area contributed by atoms with Gasteiger partial charge >= 0.3 is 5.97 Å². The lowest BCUT2D eigenvalue weighted by molar-refractivity contribution is -0.114. The van der Waals surface area contributed by atoms with E-state index in [0.717, 1.165) is 11.1 Å². The van der Waals surface area contributed by atoms with E-state index in [1.807, 2.05) is 20.8 Å². The molecule has 0 aliphatic carbocycles. The lowest BCUT2D eigenvalue weighted by Crippen LogP contribution is -2.06. The van der Waals surface area contributed by atoms with E-state index in [1.165, 1.54) is 14.2 Å². The van der Waals surface area contributed by atoms with Crippen LogP contribution in [0.25, 0.3) is 0 Å². The van der Waals surface area contributed by atoms with Crippen molar-refractivity contribution in [2.75, 3.05) is 20.8 Å². The molecule has 5 nitrogen and oxygen atoms in total. The van der Waals surface area contributed by atoms with E-state index in [2.05, 4.69) is 0 Å². The van der Waals surface area contributed by atoms with Crippen molar-refractivity contribution >= 4 is 11.8 Å². The summed E-state index contributed by atoms with van der Waals surface area (Å²) in [4.78, 5) is 23.7. The maximum Gasteiger partial charge on any atom is 0.338 e. The SMILES string of the molecule is COc1ccc(C(=O)OC/C=C(\C)CC(=O)C=C(C)C)cc1OC. The minimum Gasteiger partial charge on any atom is -0.493 e. The largest absolute Gasteiger partial charge is 0.493 e. The van der Waals surface area contributed by atoms with Gasteiger partial charge in [-0.05, 0) is 51.1 Å². The zero-order valence-corrected chi connectivity index (χ0v) is 14.8. The highest BCUT2D eigenvalue weighted by molar-refractivity contribution is 5.92. The quantitative estimate of drug-likeness (QED) is 0.412. The Kier molecular flexibility index (Phi) is 7.75. The molecule has 24 heavy (non-hydrogen) atoms. The van der Waals surface area contributed by atoms with E-state index in [1.54, 1.807) is 30.4 Å². The lowest BCUT2D eigenvalue weighted by atomic mass is 10.1. The summed E-state index contributed by atoms with van der Waals surface area (Å²) in [5, 5.41) is 0. The van der Waals surface area contributed by atoms with Gasteiger partial charge in [0.15, 0.2) is 17.3 Å². The molecule has 0 radical (unpaired) electrons. The van der Waals surface area contributed by atoms with Crippen LogP contribution in [0.5, 0.6) is 11.5 Å². The van der Waals surface area contributed by atoms with Gasteiger partial charge in [0, 0.05) is 6.42 Å². The zero-order chi connectivity index (χ0) is 18.1. The summed E-state index contributed by atoms with van der Waals surface area (Å²) in [5.74, 6) is 0.583. The third kappa shape index (κ3) is 6.28. The van der Waals surface area contributed by atoms with E-state index in [-0.39, 0.29) is 12.4 Å². The molecule has 0 bridgehead atoms. The maximum atomic E-state index is 12.0. The molecule has 5 heteroatoms. The smallest absolute Gasteiger partial charge is 0.338 e. The van der Waals surface area contributed by atoms with Crippen LogP contribution in [0.1, 0.15) is 37.6 Å². The second kappa shape index (κ2) is 9.55. The van der Waals surface area contributed by atoms with Gasteiger partial charge in [0.25, 0.3) is 0 Å². The van der Waals surface area contributed by atoms with Crippen LogP contribution in [0.3, 0.4) is 0 Å². The summed E-state index contributed by atoms with van der Waals surface area (Å²) in [7, 11) is 3.03. The third-order valence-corrected chi connectivity index (χ3v) is 3.17. The summed E-state index contributed by atoms with van der Waals surface area (Å²) >= 11 is 0. The van der Waals surface area contributed by atoms with Crippen LogP contribution in [-0.2, 0) is 9.53 Å². The summed E-state index contributed by atoms with van der Waals surface area (Å²) < 4.78 is 15.5. The Morgan fingerprint density at radius 1 is 1.04 bits per heavy atom. The molecule has 1 aromatic rings. The average Bonchev–Trinajstić information content (AvgIpc) is 2.52. The highest BCUT2D eigenvalue weighted by atomic mass is 16.5. The van der Waals surface area contributed by atoms with Gasteiger partial charge in [0.1, 0.15) is 6.61 Å². The van der Waals surface area contributed by atoms with Crippen LogP contribution in [0, 0.1) is 0 Å². The number of carbonyl (C=O) groups excluding carboxylic acids is 2. The van der Waals surface area contributed by atoms with Crippen molar-refractivity contribution < 1.29 is 23.8 Å². The van der Waals surface area contributed by atoms with Crippen LogP contribution in [-0.4, -0.2) is 32.6 Å². The van der Waals surface area contributed by atoms with Crippen molar-refractivity contribution in [2.45, 2.75) is 27.2 Å². The Hall–Kier alpha value is -2.56. The summed E-state index contributed by atoms with van der Waals surface area (Å²) in [5.41, 5.74) is 2.20. The average molecular weight is 332 g/mol. The van der Waals surface area contributed by atoms with Crippen LogP contribution in [0.2, 0.25) is 0 Å². The second-order valence-corrected chi connectivity index (χ2v) is 5.58. The first-order valence-corrected chi connectivity index (χ1v) is 7.60. The molecule has 0 unspecified atom stereocenters. The molecule has 0 amide bonds. The minimum absolute atomic E-state index is 0.0370. The Morgan fingerprint density at radius 3 is 2.29 bits per heavy atom. The van der Waals surface area contributed by atoms with E-state index in [9.17, 15) is 9.59 Å². The van der Waals surface area contributed by atoms with Gasteiger partial charge in [-0.15, -0.1) is 0 Å². The van der Waals surface area contributed by atoms with E-state index in [4.69, 9.17) is 14.2 Å². The molecule has 0 spiro atoms. The number of hydrogen-bond donors (Lipinski definition) is 0. The molecular formula is C19H24O5. The standard InChI is InChI=1S/C19H24O5/c1-13(2)10-16(20)11-14(3)8-9-24-19(21)15-6-7-17(22-4)18(12-15)23-5/h6-8,10,12H,9,11H2,1-5H3/b14-8+. The third-order valence-electron chi connectivity index (χ3n) is 3.17. The Balaban J connectivity index is 2.61. The number of methoxy groups -OCH3 is 2. The van der Waals surface area contributed by atoms with Crippen LogP contribution in [0.4, 0.5) is 0 Å². The van der Waals surface area contributed by atoms with Crippen molar-refractivity contribution in [3.05, 3.63) is 47.1 Å². The molecule has 1 rings (SSSR count). The number of ether oxygens (including phenoxy) is 3. The first-order valence-electron chi connectivity index (χ1n) is 7.60. The molecule has 0 aliphatic rings. The summed E-state index contributed by atoms with van der Waals surface area (Å²) in [6.07, 6.45) is 3.65. The zero-order valence-electron chi connectivity index (χ0n) is 14.8. The Labute approximate surface area is 142 Å². The Bertz CT molecular complexity index is 652. The molecule has 130 valence electrons. The van der Waals surface area contributed by atoms with Gasteiger partial charge in [0.05, 0.1) is 19.8 Å². The number of carbonyl (C=O) groups is 2. The first-order chi connectivity index (χ1) is 11.4. The summed E-state index contributed by atoms with van der Waals surface area (Å²) in [6.45, 7) is 5.70. The molecule has 0 aromatic heterocycles. The summed E-state index contributed by atoms with van der Waals surface area (Å²) in [6, 6.07) is 4.82. The number of hydrogen-bond acceptors (Lipinski definition) is 5. The predicted octanol–water partition coefficient (Wildman–Crippen LogP) is 3.73.